The van der Waals surface area contributed by atoms with Crippen LogP contribution in [0.1, 0.15) is 10.4 Å². The van der Waals surface area contributed by atoms with E-state index in [1.807, 2.05) is 14.1 Å². The first-order valence-electron chi connectivity index (χ1n) is 4.48. The van der Waals surface area contributed by atoms with E-state index >= 15 is 0 Å². The van der Waals surface area contributed by atoms with Gasteiger partial charge in [0.05, 0.1) is 11.1 Å². The highest BCUT2D eigenvalue weighted by atomic mass is 16.4. The molecule has 78 valence electrons. The lowest BCUT2D eigenvalue weighted by atomic mass is 10.2. The predicted octanol–water partition coefficient (Wildman–Crippen LogP) is 0.932. The highest BCUT2D eigenvalue weighted by molar-refractivity contribution is 6.01. The highest BCUT2D eigenvalue weighted by Crippen LogP contribution is 2.17. The molecule has 15 heavy (non-hydrogen) atoms. The molecule has 1 heterocycles. The maximum absolute atomic E-state index is 11.0. The molecule has 0 fully saturated rings. The zero-order valence-corrected chi connectivity index (χ0v) is 8.51. The molecule has 1 N–H and O–H groups in total. The van der Waals surface area contributed by atoms with Gasteiger partial charge in [0.15, 0.2) is 0 Å². The Hall–Kier alpha value is -2.04. The van der Waals surface area contributed by atoms with E-state index in [1.165, 1.54) is 0 Å². The molecule has 1 aromatic heterocycles. The minimum atomic E-state index is -0.941. The molecule has 0 spiro atoms. The van der Waals surface area contributed by atoms with E-state index in [-0.39, 0.29) is 5.56 Å². The lowest BCUT2D eigenvalue weighted by molar-refractivity contribution is 0.0698. The summed E-state index contributed by atoms with van der Waals surface area (Å²) in [6.07, 6.45) is 1.61. The second-order valence-corrected chi connectivity index (χ2v) is 3.41. The minimum absolute atomic E-state index is 0.263. The van der Waals surface area contributed by atoms with Crippen molar-refractivity contribution >= 4 is 17.0 Å². The van der Waals surface area contributed by atoms with Crippen molar-refractivity contribution in [3.05, 3.63) is 30.1 Å². The van der Waals surface area contributed by atoms with Gasteiger partial charge in [0.2, 0.25) is 0 Å². The standard InChI is InChI=1S/C10H11N3O2/c1-12(2)13-6-11-8-5-3-4-7(9(8)13)10(14)15/h3-6H,1-2H3,(H,14,15). The summed E-state index contributed by atoms with van der Waals surface area (Å²) in [6.45, 7) is 0. The van der Waals surface area contributed by atoms with Crippen LogP contribution in [0, 0.1) is 0 Å². The van der Waals surface area contributed by atoms with Crippen LogP contribution in [0.4, 0.5) is 0 Å². The van der Waals surface area contributed by atoms with E-state index < -0.39 is 5.97 Å². The number of carbonyl (C=O) groups is 1. The third-order valence-corrected chi connectivity index (χ3v) is 2.21. The van der Waals surface area contributed by atoms with Crippen molar-refractivity contribution in [3.8, 4) is 0 Å². The van der Waals surface area contributed by atoms with E-state index in [0.717, 1.165) is 0 Å². The molecule has 5 heteroatoms. The maximum atomic E-state index is 11.0. The third-order valence-electron chi connectivity index (χ3n) is 2.21. The normalized spacial score (nSPS) is 10.5. The number of hydrogen-bond acceptors (Lipinski definition) is 3. The number of fused-ring (bicyclic) bond motifs is 1. The van der Waals surface area contributed by atoms with E-state index in [9.17, 15) is 4.79 Å². The summed E-state index contributed by atoms with van der Waals surface area (Å²) in [4.78, 5) is 15.2. The molecule has 0 bridgehead atoms. The minimum Gasteiger partial charge on any atom is -0.478 e. The number of carboxylic acids is 1. The summed E-state index contributed by atoms with van der Waals surface area (Å²) in [5.41, 5.74) is 1.57. The third kappa shape index (κ3) is 1.41. The molecule has 2 aromatic rings. The zero-order chi connectivity index (χ0) is 11.0. The van der Waals surface area contributed by atoms with Crippen molar-refractivity contribution in [3.63, 3.8) is 0 Å². The average Bonchev–Trinajstić information content (AvgIpc) is 2.60. The molecule has 0 aliphatic carbocycles. The Labute approximate surface area is 86.5 Å². The second kappa shape index (κ2) is 3.27. The molecule has 0 unspecified atom stereocenters. The number of para-hydroxylation sites is 1. The number of imidazole rings is 1. The largest absolute Gasteiger partial charge is 0.478 e. The van der Waals surface area contributed by atoms with Crippen molar-refractivity contribution in [2.24, 2.45) is 0 Å². The van der Waals surface area contributed by atoms with E-state index in [0.29, 0.717) is 11.0 Å². The highest BCUT2D eigenvalue weighted by Gasteiger charge is 2.13. The van der Waals surface area contributed by atoms with Crippen LogP contribution in [-0.2, 0) is 0 Å². The Balaban J connectivity index is 2.80. The number of carboxylic acid groups (broad SMARTS) is 1. The van der Waals surface area contributed by atoms with Crippen molar-refractivity contribution in [2.45, 2.75) is 0 Å². The van der Waals surface area contributed by atoms with Gasteiger partial charge in [0.1, 0.15) is 11.8 Å². The molecule has 0 amide bonds. The molecule has 0 aliphatic rings. The topological polar surface area (TPSA) is 58.4 Å². The van der Waals surface area contributed by atoms with Gasteiger partial charge in [-0.15, -0.1) is 0 Å². The Morgan fingerprint density at radius 2 is 2.20 bits per heavy atom. The first kappa shape index (κ1) is 9.51. The van der Waals surface area contributed by atoms with Crippen molar-refractivity contribution in [1.82, 2.24) is 9.66 Å². The average molecular weight is 205 g/mol. The lowest BCUT2D eigenvalue weighted by Crippen LogP contribution is -2.24. The molecule has 0 aliphatic heterocycles. The molecular weight excluding hydrogens is 194 g/mol. The Bertz CT molecular complexity index is 516. The van der Waals surface area contributed by atoms with Gasteiger partial charge in [-0.1, -0.05) is 6.07 Å². The van der Waals surface area contributed by atoms with E-state index in [2.05, 4.69) is 4.98 Å². The zero-order valence-electron chi connectivity index (χ0n) is 8.51. The van der Waals surface area contributed by atoms with Crippen LogP contribution in [0.15, 0.2) is 24.5 Å². The van der Waals surface area contributed by atoms with Gasteiger partial charge >= 0.3 is 5.97 Å². The summed E-state index contributed by atoms with van der Waals surface area (Å²) >= 11 is 0. The molecule has 1 aromatic carbocycles. The number of rotatable bonds is 2. The smallest absolute Gasteiger partial charge is 0.337 e. The summed E-state index contributed by atoms with van der Waals surface area (Å²) < 4.78 is 1.71. The fourth-order valence-electron chi connectivity index (χ4n) is 1.53. The molecule has 2 rings (SSSR count). The Kier molecular flexibility index (Phi) is 2.07. The first-order chi connectivity index (χ1) is 7.11. The van der Waals surface area contributed by atoms with Crippen LogP contribution >= 0.6 is 0 Å². The van der Waals surface area contributed by atoms with Gasteiger partial charge in [0, 0.05) is 14.1 Å². The number of aromatic nitrogens is 2. The van der Waals surface area contributed by atoms with Gasteiger partial charge in [0.25, 0.3) is 0 Å². The van der Waals surface area contributed by atoms with Crippen molar-refractivity contribution in [2.75, 3.05) is 19.1 Å². The number of nitrogens with zero attached hydrogens (tertiary/aromatic N) is 3. The predicted molar refractivity (Wildman–Crippen MR) is 56.8 cm³/mol. The molecule has 0 saturated heterocycles. The van der Waals surface area contributed by atoms with Crippen LogP contribution in [0.2, 0.25) is 0 Å². The van der Waals surface area contributed by atoms with Gasteiger partial charge in [-0.25, -0.2) is 14.5 Å². The van der Waals surface area contributed by atoms with Crippen LogP contribution in [-0.4, -0.2) is 34.8 Å². The van der Waals surface area contributed by atoms with E-state index in [1.54, 1.807) is 34.2 Å². The van der Waals surface area contributed by atoms with Gasteiger partial charge in [-0.3, -0.25) is 0 Å². The molecule has 5 nitrogen and oxygen atoms in total. The van der Waals surface area contributed by atoms with Crippen LogP contribution in [0.3, 0.4) is 0 Å². The lowest BCUT2D eigenvalue weighted by Gasteiger charge is -2.15. The number of benzene rings is 1. The first-order valence-corrected chi connectivity index (χ1v) is 4.48. The Morgan fingerprint density at radius 1 is 1.47 bits per heavy atom. The van der Waals surface area contributed by atoms with Gasteiger partial charge in [-0.05, 0) is 12.1 Å². The Morgan fingerprint density at radius 3 is 2.80 bits per heavy atom. The molecule has 0 atom stereocenters. The summed E-state index contributed by atoms with van der Waals surface area (Å²) in [7, 11) is 3.67. The molecule has 0 radical (unpaired) electrons. The molecular formula is C10H11N3O2. The van der Waals surface area contributed by atoms with E-state index in [4.69, 9.17) is 5.11 Å². The summed E-state index contributed by atoms with van der Waals surface area (Å²) in [6, 6.07) is 5.06. The van der Waals surface area contributed by atoms with Gasteiger partial charge < -0.3 is 10.1 Å². The number of aromatic carboxylic acids is 1. The van der Waals surface area contributed by atoms with Gasteiger partial charge in [-0.2, -0.15) is 0 Å². The SMILES string of the molecule is CN(C)n1cnc2cccc(C(=O)O)c21. The van der Waals surface area contributed by atoms with Crippen molar-refractivity contribution < 1.29 is 9.90 Å². The maximum Gasteiger partial charge on any atom is 0.337 e. The molecule has 0 saturated carbocycles. The van der Waals surface area contributed by atoms with Crippen LogP contribution in [0.5, 0.6) is 0 Å². The second-order valence-electron chi connectivity index (χ2n) is 3.41. The quantitative estimate of drug-likeness (QED) is 0.792. The summed E-state index contributed by atoms with van der Waals surface area (Å²) in [5.74, 6) is -0.941. The fraction of sp³-hybridized carbons (Fsp3) is 0.200. The fourth-order valence-corrected chi connectivity index (χ4v) is 1.53. The van der Waals surface area contributed by atoms with Crippen LogP contribution in [0.25, 0.3) is 11.0 Å². The monoisotopic (exact) mass is 205 g/mol. The summed E-state index contributed by atoms with van der Waals surface area (Å²) in [5, 5.41) is 10.8. The number of hydrogen-bond donors (Lipinski definition) is 1. The van der Waals surface area contributed by atoms with Crippen LogP contribution < -0.4 is 5.01 Å². The van der Waals surface area contributed by atoms with Crippen molar-refractivity contribution in [1.29, 1.82) is 0 Å².